The molecule has 0 saturated heterocycles. The van der Waals surface area contributed by atoms with Crippen LogP contribution in [0.4, 0.5) is 10.5 Å². The number of hydrogen-bond acceptors (Lipinski definition) is 8. The van der Waals surface area contributed by atoms with Crippen LogP contribution in [0, 0.1) is 15.5 Å². The Morgan fingerprint density at radius 3 is 2.09 bits per heavy atom. The minimum absolute atomic E-state index is 0.0443. The topological polar surface area (TPSA) is 159 Å². The van der Waals surface area contributed by atoms with Crippen molar-refractivity contribution in [2.45, 2.75) is 96.2 Å². The first-order valence-corrected chi connectivity index (χ1v) is 18.9. The van der Waals surface area contributed by atoms with E-state index in [4.69, 9.17) is 26.5 Å². The summed E-state index contributed by atoms with van der Waals surface area (Å²) in [6.45, 7) is 16.7. The maximum atomic E-state index is 14.5. The SMILES string of the molecule is C[C@@H](CN([C@H](C(=O)C(Cc1ccccc1)OC(N)=O)C(C)(C)C)S(=O)(=O)c1ccc([N+](=O)[O-])cc1Cl)O[Si](C)(C)C(C)(C)C. The number of amides is 1. The Morgan fingerprint density at radius 1 is 1.07 bits per heavy atom. The lowest BCUT2D eigenvalue weighted by atomic mass is 9.81. The summed E-state index contributed by atoms with van der Waals surface area (Å²) in [5.74, 6) is -0.693. The third kappa shape index (κ3) is 9.33. The zero-order chi connectivity index (χ0) is 33.8. The first-order valence-electron chi connectivity index (χ1n) is 14.2. The van der Waals surface area contributed by atoms with Crippen molar-refractivity contribution >= 4 is 47.5 Å². The molecule has 0 aliphatic carbocycles. The molecule has 0 saturated carbocycles. The lowest BCUT2D eigenvalue weighted by Gasteiger charge is -2.43. The predicted molar refractivity (Wildman–Crippen MR) is 173 cm³/mol. The molecule has 1 amide bonds. The Kier molecular flexibility index (Phi) is 11.9. The molecule has 2 rings (SSSR count). The number of nitro benzene ring substituents is 1. The molecule has 1 unspecified atom stereocenters. The van der Waals surface area contributed by atoms with Gasteiger partial charge in [0.1, 0.15) is 4.90 Å². The molecule has 3 atom stereocenters. The van der Waals surface area contributed by atoms with Gasteiger partial charge in [-0.2, -0.15) is 4.31 Å². The molecule has 44 heavy (non-hydrogen) atoms. The molecule has 244 valence electrons. The molecule has 0 fully saturated rings. The largest absolute Gasteiger partial charge is 0.438 e. The highest BCUT2D eigenvalue weighted by Gasteiger charge is 2.48. The molecule has 0 spiro atoms. The molecule has 2 N–H and O–H groups in total. The van der Waals surface area contributed by atoms with Gasteiger partial charge in [0.25, 0.3) is 5.69 Å². The molecule has 0 bridgehead atoms. The number of nitrogens with two attached hydrogens (primary N) is 1. The fourth-order valence-corrected chi connectivity index (χ4v) is 8.40. The van der Waals surface area contributed by atoms with Crippen molar-refractivity contribution in [1.29, 1.82) is 0 Å². The van der Waals surface area contributed by atoms with E-state index in [1.165, 1.54) is 0 Å². The van der Waals surface area contributed by atoms with Crippen molar-refractivity contribution in [2.75, 3.05) is 6.54 Å². The van der Waals surface area contributed by atoms with Crippen molar-refractivity contribution in [3.63, 3.8) is 0 Å². The van der Waals surface area contributed by atoms with Gasteiger partial charge in [-0.05, 0) is 42.1 Å². The normalized spacial score (nSPS) is 15.0. The third-order valence-corrected chi connectivity index (χ3v) is 14.6. The number of non-ortho nitro benzene ring substituents is 1. The summed E-state index contributed by atoms with van der Waals surface area (Å²) in [6.07, 6.45) is -3.32. The fourth-order valence-electron chi connectivity index (χ4n) is 4.60. The van der Waals surface area contributed by atoms with Gasteiger partial charge in [0.2, 0.25) is 10.0 Å². The maximum absolute atomic E-state index is 14.5. The van der Waals surface area contributed by atoms with Crippen molar-refractivity contribution in [2.24, 2.45) is 11.1 Å². The van der Waals surface area contributed by atoms with Crippen molar-refractivity contribution in [1.82, 2.24) is 4.31 Å². The van der Waals surface area contributed by atoms with E-state index in [-0.39, 0.29) is 23.0 Å². The average molecular weight is 670 g/mol. The molecule has 0 aromatic heterocycles. The summed E-state index contributed by atoms with van der Waals surface area (Å²) in [7, 11) is -7.00. The van der Waals surface area contributed by atoms with Crippen molar-refractivity contribution in [3.05, 3.63) is 69.2 Å². The molecule has 0 heterocycles. The zero-order valence-electron chi connectivity index (χ0n) is 26.8. The molecule has 14 heteroatoms. The summed E-state index contributed by atoms with van der Waals surface area (Å²) in [6, 6.07) is 10.4. The van der Waals surface area contributed by atoms with E-state index in [2.05, 4.69) is 0 Å². The van der Waals surface area contributed by atoms with E-state index < -0.39 is 69.4 Å². The average Bonchev–Trinajstić information content (AvgIpc) is 2.86. The molecule has 11 nitrogen and oxygen atoms in total. The fraction of sp³-hybridized carbons (Fsp3) is 0.533. The van der Waals surface area contributed by atoms with Gasteiger partial charge < -0.3 is 14.9 Å². The van der Waals surface area contributed by atoms with E-state index in [9.17, 15) is 28.1 Å². The minimum Gasteiger partial charge on any atom is -0.438 e. The van der Waals surface area contributed by atoms with Crippen LogP contribution in [0.25, 0.3) is 0 Å². The number of ether oxygens (including phenoxy) is 1. The van der Waals surface area contributed by atoms with Crippen LogP contribution < -0.4 is 5.73 Å². The lowest BCUT2D eigenvalue weighted by molar-refractivity contribution is -0.384. The maximum Gasteiger partial charge on any atom is 0.405 e. The van der Waals surface area contributed by atoms with Gasteiger partial charge in [-0.15, -0.1) is 0 Å². The van der Waals surface area contributed by atoms with E-state index in [0.29, 0.717) is 5.56 Å². The van der Waals surface area contributed by atoms with Gasteiger partial charge >= 0.3 is 6.09 Å². The Hall–Kier alpha value is -2.84. The summed E-state index contributed by atoms with van der Waals surface area (Å²) >= 11 is 6.34. The van der Waals surface area contributed by atoms with E-state index in [1.807, 2.05) is 33.9 Å². The second-order valence-corrected chi connectivity index (χ2v) is 20.4. The number of Topliss-reactive ketones (excluding diaryl/α,β-unsaturated/α-hetero) is 1. The third-order valence-electron chi connectivity index (χ3n) is 7.67. The Morgan fingerprint density at radius 2 is 1.64 bits per heavy atom. The number of benzene rings is 2. The number of halogens is 1. The van der Waals surface area contributed by atoms with Crippen LogP contribution in [0.2, 0.25) is 23.2 Å². The number of carbonyl (C=O) groups is 2. The predicted octanol–water partition coefficient (Wildman–Crippen LogP) is 6.34. The molecule has 0 radical (unpaired) electrons. The number of sulfonamides is 1. The van der Waals surface area contributed by atoms with Crippen LogP contribution in [-0.4, -0.2) is 62.6 Å². The molecular weight excluding hydrogens is 626 g/mol. The van der Waals surface area contributed by atoms with Gasteiger partial charge in [-0.3, -0.25) is 14.9 Å². The highest BCUT2D eigenvalue weighted by atomic mass is 35.5. The molecule has 2 aromatic rings. The summed E-state index contributed by atoms with van der Waals surface area (Å²) < 4.78 is 41.8. The highest BCUT2D eigenvalue weighted by molar-refractivity contribution is 7.89. The smallest absolute Gasteiger partial charge is 0.405 e. The number of nitro groups is 1. The Bertz CT molecular complexity index is 1460. The number of ketones is 1. The minimum atomic E-state index is -4.60. The first-order chi connectivity index (χ1) is 20.0. The van der Waals surface area contributed by atoms with Crippen molar-refractivity contribution < 1.29 is 32.1 Å². The number of rotatable bonds is 13. The summed E-state index contributed by atoms with van der Waals surface area (Å²) in [5, 5.41) is 10.8. The lowest BCUT2D eigenvalue weighted by Crippen LogP contribution is -2.58. The molecule has 0 aliphatic rings. The highest BCUT2D eigenvalue weighted by Crippen LogP contribution is 2.39. The Balaban J connectivity index is 2.76. The van der Waals surface area contributed by atoms with Gasteiger partial charge in [-0.25, -0.2) is 13.2 Å². The first kappa shape index (κ1) is 37.3. The van der Waals surface area contributed by atoms with E-state index in [1.54, 1.807) is 58.0 Å². The monoisotopic (exact) mass is 669 g/mol. The van der Waals surface area contributed by atoms with Gasteiger partial charge in [0, 0.05) is 25.1 Å². The molecule has 0 aliphatic heterocycles. The van der Waals surface area contributed by atoms with E-state index in [0.717, 1.165) is 22.5 Å². The van der Waals surface area contributed by atoms with Gasteiger partial charge in [0.05, 0.1) is 22.1 Å². The molecule has 2 aromatic carbocycles. The second-order valence-electron chi connectivity index (χ2n) is 13.4. The van der Waals surface area contributed by atoms with Crippen LogP contribution in [0.3, 0.4) is 0 Å². The Labute approximate surface area is 266 Å². The standard InChI is InChI=1S/C30H44ClN3O8SSi/c1-20(42-44(8,9)30(5,6)7)19-33(43(39,40)25-16-15-22(34(37)38)18-23(25)31)27(29(2,3)4)26(35)24(41-28(32)36)17-21-13-11-10-12-14-21/h10-16,18,20,24,27H,17,19H2,1-9H3,(H2,32,36)/t20-,24?,27+/m0/s1. The number of hydrogen-bond donors (Lipinski definition) is 1. The summed E-state index contributed by atoms with van der Waals surface area (Å²) in [5.41, 5.74) is 4.60. The van der Waals surface area contributed by atoms with Crippen LogP contribution in [0.15, 0.2) is 53.4 Å². The number of primary amides is 1. The van der Waals surface area contributed by atoms with Crippen LogP contribution >= 0.6 is 11.6 Å². The van der Waals surface area contributed by atoms with Gasteiger partial charge in [-0.1, -0.05) is 83.5 Å². The second kappa shape index (κ2) is 14.1. The molecular formula is C30H44ClN3O8SSi. The summed E-state index contributed by atoms with van der Waals surface area (Å²) in [4.78, 5) is 36.6. The zero-order valence-corrected chi connectivity index (χ0v) is 29.4. The quantitative estimate of drug-likeness (QED) is 0.147. The van der Waals surface area contributed by atoms with Crippen LogP contribution in [0.1, 0.15) is 54.0 Å². The van der Waals surface area contributed by atoms with Crippen LogP contribution in [-0.2, 0) is 30.4 Å². The van der Waals surface area contributed by atoms with E-state index >= 15 is 0 Å². The number of nitrogens with zero attached hydrogens (tertiary/aromatic N) is 2. The van der Waals surface area contributed by atoms with Crippen molar-refractivity contribution in [3.8, 4) is 0 Å². The van der Waals surface area contributed by atoms with Gasteiger partial charge in [0.15, 0.2) is 20.2 Å². The van der Waals surface area contributed by atoms with Crippen LogP contribution in [0.5, 0.6) is 0 Å². The number of carbonyl (C=O) groups excluding carboxylic acids is 2.